The SMILES string of the molecule is CCCOC1CCN(NOC(=O)/C=C/C(C)=C/C=C/C(C)=C/C=C/C=C(C)/C=C/C=C(C)\C=C\C(=O)O)CC1. The van der Waals surface area contributed by atoms with Gasteiger partial charge in [0, 0.05) is 31.8 Å². The van der Waals surface area contributed by atoms with Crippen LogP contribution in [-0.4, -0.2) is 47.9 Å². The van der Waals surface area contributed by atoms with Crippen molar-refractivity contribution < 1.29 is 24.3 Å². The van der Waals surface area contributed by atoms with Crippen LogP contribution in [-0.2, 0) is 19.2 Å². The standard InChI is InChI=1S/C32H44N2O5/c1-6-25-38-30-21-23-34(24-22-30)33-39-32(37)20-18-29(5)16-10-14-27(3)12-8-7-11-26(2)13-9-15-28(4)17-19-31(35)36/h7-20,30,33H,6,21-25H2,1-5H3,(H,35,36)/b8-7+,13-9+,14-10+,19-17+,20-18+,26-11+,27-12+,28-15-,29-16+. The molecular formula is C32H44N2O5. The molecule has 1 heterocycles. The predicted molar refractivity (Wildman–Crippen MR) is 158 cm³/mol. The molecule has 0 amide bonds. The lowest BCUT2D eigenvalue weighted by Crippen LogP contribution is -2.46. The van der Waals surface area contributed by atoms with Gasteiger partial charge in [0.05, 0.1) is 6.10 Å². The zero-order chi connectivity index (χ0) is 28.9. The van der Waals surface area contributed by atoms with Gasteiger partial charge in [-0.15, -0.1) is 0 Å². The van der Waals surface area contributed by atoms with Gasteiger partial charge < -0.3 is 14.7 Å². The summed E-state index contributed by atoms with van der Waals surface area (Å²) < 4.78 is 5.77. The molecule has 0 bridgehead atoms. The zero-order valence-electron chi connectivity index (χ0n) is 23.9. The number of rotatable bonds is 15. The van der Waals surface area contributed by atoms with E-state index in [0.717, 1.165) is 67.3 Å². The number of hydrogen-bond donors (Lipinski definition) is 2. The highest BCUT2D eigenvalue weighted by atomic mass is 16.7. The Hall–Kier alpha value is -3.52. The van der Waals surface area contributed by atoms with E-state index in [-0.39, 0.29) is 6.10 Å². The summed E-state index contributed by atoms with van der Waals surface area (Å²) in [5, 5.41) is 10.5. The maximum absolute atomic E-state index is 12.0. The second kappa shape index (κ2) is 20.4. The first kappa shape index (κ1) is 33.5. The number of nitrogens with one attached hydrogen (secondary N) is 1. The number of hydrogen-bond acceptors (Lipinski definition) is 6. The van der Waals surface area contributed by atoms with Gasteiger partial charge in [-0.05, 0) is 47.0 Å². The van der Waals surface area contributed by atoms with Crippen LogP contribution in [0.15, 0.2) is 107 Å². The van der Waals surface area contributed by atoms with Gasteiger partial charge in [0.25, 0.3) is 0 Å². The van der Waals surface area contributed by atoms with E-state index in [1.807, 2.05) is 93.5 Å². The van der Waals surface area contributed by atoms with E-state index in [2.05, 4.69) is 12.5 Å². The van der Waals surface area contributed by atoms with Gasteiger partial charge in [0.15, 0.2) is 0 Å². The smallest absolute Gasteiger partial charge is 0.350 e. The molecule has 0 aromatic heterocycles. The number of ether oxygens (including phenoxy) is 1. The molecule has 1 aliphatic heterocycles. The van der Waals surface area contributed by atoms with E-state index in [1.165, 1.54) is 6.08 Å². The Morgan fingerprint density at radius 1 is 0.769 bits per heavy atom. The molecule has 0 aliphatic carbocycles. The van der Waals surface area contributed by atoms with Crippen molar-refractivity contribution in [3.8, 4) is 0 Å². The normalized spacial score (nSPS) is 17.6. The van der Waals surface area contributed by atoms with Gasteiger partial charge in [0.2, 0.25) is 0 Å². The van der Waals surface area contributed by atoms with Crippen LogP contribution < -0.4 is 5.59 Å². The van der Waals surface area contributed by atoms with Gasteiger partial charge in [-0.25, -0.2) is 14.6 Å². The molecule has 0 unspecified atom stereocenters. The summed E-state index contributed by atoms with van der Waals surface area (Å²) in [5.74, 6) is -1.41. The van der Waals surface area contributed by atoms with Crippen molar-refractivity contribution >= 4 is 11.9 Å². The highest BCUT2D eigenvalue weighted by Crippen LogP contribution is 2.12. The average molecular weight is 537 g/mol. The highest BCUT2D eigenvalue weighted by molar-refractivity contribution is 5.82. The van der Waals surface area contributed by atoms with Crippen molar-refractivity contribution in [1.82, 2.24) is 10.6 Å². The summed E-state index contributed by atoms with van der Waals surface area (Å²) in [7, 11) is 0. The van der Waals surface area contributed by atoms with Crippen LogP contribution in [0.4, 0.5) is 0 Å². The first-order valence-electron chi connectivity index (χ1n) is 13.3. The van der Waals surface area contributed by atoms with Crippen LogP contribution in [0.1, 0.15) is 53.9 Å². The quantitative estimate of drug-likeness (QED) is 0.140. The molecule has 7 nitrogen and oxygen atoms in total. The average Bonchev–Trinajstić information content (AvgIpc) is 2.91. The molecule has 0 spiro atoms. The second-order valence-electron chi connectivity index (χ2n) is 9.32. The van der Waals surface area contributed by atoms with Crippen LogP contribution in [0.25, 0.3) is 0 Å². The molecule has 0 radical (unpaired) electrons. The van der Waals surface area contributed by atoms with Crippen molar-refractivity contribution in [2.24, 2.45) is 0 Å². The Morgan fingerprint density at radius 3 is 1.77 bits per heavy atom. The molecule has 2 N–H and O–H groups in total. The number of carboxylic acids is 1. The third kappa shape index (κ3) is 18.4. The molecule has 0 aromatic carbocycles. The fraction of sp³-hybridized carbons (Fsp3) is 0.375. The summed E-state index contributed by atoms with van der Waals surface area (Å²) >= 11 is 0. The fourth-order valence-corrected chi connectivity index (χ4v) is 3.28. The summed E-state index contributed by atoms with van der Waals surface area (Å²) in [5.41, 5.74) is 6.67. The predicted octanol–water partition coefficient (Wildman–Crippen LogP) is 6.49. The number of piperidine rings is 1. The molecule has 39 heavy (non-hydrogen) atoms. The summed E-state index contributed by atoms with van der Waals surface area (Å²) in [6.45, 7) is 12.2. The van der Waals surface area contributed by atoms with Crippen LogP contribution in [0.5, 0.6) is 0 Å². The lowest BCUT2D eigenvalue weighted by Gasteiger charge is -2.30. The van der Waals surface area contributed by atoms with Crippen molar-refractivity contribution in [3.05, 3.63) is 107 Å². The number of nitrogens with zero attached hydrogens (tertiary/aromatic N) is 1. The number of hydrazine groups is 1. The maximum Gasteiger partial charge on any atom is 0.350 e. The number of allylic oxidation sites excluding steroid dienone is 16. The second-order valence-corrected chi connectivity index (χ2v) is 9.32. The van der Waals surface area contributed by atoms with Crippen LogP contribution >= 0.6 is 0 Å². The minimum absolute atomic E-state index is 0.290. The molecule has 1 fully saturated rings. The van der Waals surface area contributed by atoms with Crippen LogP contribution in [0.2, 0.25) is 0 Å². The molecule has 0 saturated carbocycles. The monoisotopic (exact) mass is 536 g/mol. The summed E-state index contributed by atoms with van der Waals surface area (Å²) in [6.07, 6.45) is 28.4. The molecule has 1 rings (SSSR count). The van der Waals surface area contributed by atoms with Crippen molar-refractivity contribution in [2.75, 3.05) is 19.7 Å². The molecule has 0 aromatic rings. The number of carbonyl (C=O) groups excluding carboxylic acids is 1. The lowest BCUT2D eigenvalue weighted by molar-refractivity contribution is -0.162. The van der Waals surface area contributed by atoms with E-state index < -0.39 is 11.9 Å². The molecule has 1 aliphatic rings. The molecule has 7 heteroatoms. The lowest BCUT2D eigenvalue weighted by atomic mass is 10.1. The molecule has 212 valence electrons. The molecule has 1 saturated heterocycles. The van der Waals surface area contributed by atoms with Crippen molar-refractivity contribution in [1.29, 1.82) is 0 Å². The number of aliphatic carboxylic acids is 1. The third-order valence-electron chi connectivity index (χ3n) is 5.51. The Kier molecular flexibility index (Phi) is 17.6. The van der Waals surface area contributed by atoms with Gasteiger partial charge in [-0.2, -0.15) is 0 Å². The first-order chi connectivity index (χ1) is 18.7. The van der Waals surface area contributed by atoms with Gasteiger partial charge in [0.1, 0.15) is 0 Å². The van der Waals surface area contributed by atoms with Crippen molar-refractivity contribution in [3.63, 3.8) is 0 Å². The van der Waals surface area contributed by atoms with Crippen molar-refractivity contribution in [2.45, 2.75) is 60.0 Å². The van der Waals surface area contributed by atoms with Crippen LogP contribution in [0.3, 0.4) is 0 Å². The Bertz CT molecular complexity index is 1050. The summed E-state index contributed by atoms with van der Waals surface area (Å²) in [4.78, 5) is 27.6. The zero-order valence-corrected chi connectivity index (χ0v) is 23.9. The van der Waals surface area contributed by atoms with Gasteiger partial charge >= 0.3 is 11.9 Å². The Morgan fingerprint density at radius 2 is 1.26 bits per heavy atom. The minimum atomic E-state index is -0.958. The highest BCUT2D eigenvalue weighted by Gasteiger charge is 2.19. The van der Waals surface area contributed by atoms with E-state index >= 15 is 0 Å². The Balaban J connectivity index is 2.40. The maximum atomic E-state index is 12.0. The van der Waals surface area contributed by atoms with Gasteiger partial charge in [-0.1, -0.05) is 108 Å². The number of carbonyl (C=O) groups is 2. The summed E-state index contributed by atoms with van der Waals surface area (Å²) in [6, 6.07) is 0. The van der Waals surface area contributed by atoms with E-state index in [4.69, 9.17) is 14.7 Å². The topological polar surface area (TPSA) is 88.1 Å². The third-order valence-corrected chi connectivity index (χ3v) is 5.51. The molecular weight excluding hydrogens is 492 g/mol. The Labute approximate surface area is 233 Å². The van der Waals surface area contributed by atoms with E-state index in [0.29, 0.717) is 0 Å². The number of carboxylic acid groups (broad SMARTS) is 1. The fourth-order valence-electron chi connectivity index (χ4n) is 3.28. The van der Waals surface area contributed by atoms with E-state index in [9.17, 15) is 9.59 Å². The largest absolute Gasteiger partial charge is 0.478 e. The van der Waals surface area contributed by atoms with E-state index in [1.54, 1.807) is 12.2 Å². The first-order valence-corrected chi connectivity index (χ1v) is 13.3. The minimum Gasteiger partial charge on any atom is -0.478 e. The van der Waals surface area contributed by atoms with Crippen LogP contribution in [0, 0.1) is 0 Å². The molecule has 0 atom stereocenters. The van der Waals surface area contributed by atoms with Gasteiger partial charge in [-0.3, -0.25) is 0 Å².